The molecule has 10 heteroatoms. The Balaban J connectivity index is 1.26. The predicted octanol–water partition coefficient (Wildman–Crippen LogP) is 4.69. The van der Waals surface area contributed by atoms with Crippen molar-refractivity contribution < 1.29 is 32.9 Å². The van der Waals surface area contributed by atoms with Crippen LogP contribution in [-0.4, -0.2) is 54.0 Å². The molecule has 1 aliphatic rings. The van der Waals surface area contributed by atoms with E-state index in [1.165, 1.54) is 25.6 Å². The van der Waals surface area contributed by atoms with Gasteiger partial charge < -0.3 is 18.9 Å². The topological polar surface area (TPSA) is 110 Å². The van der Waals surface area contributed by atoms with E-state index in [1.54, 1.807) is 49.6 Å². The first-order chi connectivity index (χ1) is 19.4. The summed E-state index contributed by atoms with van der Waals surface area (Å²) in [6.45, 7) is 0.737. The standard InChI is InChI=1S/C30H28FN3O6/c1-37-13-14-39-24-17-23-27(34-28(24)38-2)29(33-18-32-23)40-22-9-5-20(6-10-22)16-26(36)30(11-12-30)25(35)15-19-3-7-21(31)8-4-19/h3-10,17-18H,11-16H2,1-2H3. The highest BCUT2D eigenvalue weighted by Gasteiger charge is 2.54. The molecule has 0 spiro atoms. The smallest absolute Gasteiger partial charge is 0.257 e. The van der Waals surface area contributed by atoms with E-state index in [-0.39, 0.29) is 42.0 Å². The SMILES string of the molecule is COCCOc1cc2ncnc(Oc3ccc(CC(=O)C4(C(=O)Cc5ccc(F)cc5)CC4)cc3)c2nc1OC. The van der Waals surface area contributed by atoms with Crippen LogP contribution >= 0.6 is 0 Å². The van der Waals surface area contributed by atoms with Gasteiger partial charge in [-0.1, -0.05) is 24.3 Å². The van der Waals surface area contributed by atoms with Crippen LogP contribution in [0.2, 0.25) is 0 Å². The van der Waals surface area contributed by atoms with Crippen LogP contribution in [0.1, 0.15) is 24.0 Å². The van der Waals surface area contributed by atoms with Crippen molar-refractivity contribution in [3.05, 3.63) is 77.9 Å². The number of carbonyl (C=O) groups excluding carboxylic acids is 2. The molecule has 1 aliphatic carbocycles. The number of hydrogen-bond donors (Lipinski definition) is 0. The number of fused-ring (bicyclic) bond motifs is 1. The van der Waals surface area contributed by atoms with Gasteiger partial charge in [0.05, 0.1) is 19.1 Å². The summed E-state index contributed by atoms with van der Waals surface area (Å²) in [4.78, 5) is 39.0. The van der Waals surface area contributed by atoms with Gasteiger partial charge in [0, 0.05) is 26.0 Å². The highest BCUT2D eigenvalue weighted by molar-refractivity contribution is 6.10. The number of Topliss-reactive ketones (excluding diaryl/α,β-unsaturated/α-hetero) is 2. The number of benzene rings is 2. The monoisotopic (exact) mass is 545 g/mol. The lowest BCUT2D eigenvalue weighted by Crippen LogP contribution is -2.28. The molecule has 0 amide bonds. The van der Waals surface area contributed by atoms with Crippen molar-refractivity contribution in [2.24, 2.45) is 5.41 Å². The average molecular weight is 546 g/mol. The van der Waals surface area contributed by atoms with Gasteiger partial charge in [0.2, 0.25) is 5.88 Å². The third-order valence-electron chi connectivity index (χ3n) is 6.85. The highest BCUT2D eigenvalue weighted by Crippen LogP contribution is 2.48. The van der Waals surface area contributed by atoms with Crippen molar-refractivity contribution in [1.29, 1.82) is 0 Å². The van der Waals surface area contributed by atoms with Gasteiger partial charge in [0.15, 0.2) is 22.8 Å². The molecule has 5 rings (SSSR count). The van der Waals surface area contributed by atoms with Gasteiger partial charge in [0.1, 0.15) is 30.0 Å². The molecule has 206 valence electrons. The highest BCUT2D eigenvalue weighted by atomic mass is 19.1. The maximum absolute atomic E-state index is 13.2. The summed E-state index contributed by atoms with van der Waals surface area (Å²) in [7, 11) is 3.08. The third kappa shape index (κ3) is 5.91. The average Bonchev–Trinajstić information content (AvgIpc) is 3.78. The molecule has 0 N–H and O–H groups in total. The molecular formula is C30H28FN3O6. The molecule has 0 bridgehead atoms. The molecule has 0 saturated heterocycles. The molecule has 1 fully saturated rings. The van der Waals surface area contributed by atoms with Crippen molar-refractivity contribution >= 4 is 22.6 Å². The fourth-order valence-electron chi connectivity index (χ4n) is 4.42. The number of aromatic nitrogens is 3. The number of pyridine rings is 1. The minimum atomic E-state index is -0.944. The first-order valence-electron chi connectivity index (χ1n) is 12.8. The summed E-state index contributed by atoms with van der Waals surface area (Å²) in [5.41, 5.74) is 1.43. The van der Waals surface area contributed by atoms with Crippen LogP contribution in [0.25, 0.3) is 11.0 Å². The molecule has 2 aromatic carbocycles. The zero-order valence-corrected chi connectivity index (χ0v) is 22.2. The first-order valence-corrected chi connectivity index (χ1v) is 12.8. The Kier molecular flexibility index (Phi) is 7.97. The normalized spacial score (nSPS) is 13.6. The second-order valence-electron chi connectivity index (χ2n) is 9.54. The Morgan fingerprint density at radius 2 is 1.52 bits per heavy atom. The van der Waals surface area contributed by atoms with Crippen LogP contribution < -0.4 is 14.2 Å². The molecule has 0 unspecified atom stereocenters. The van der Waals surface area contributed by atoms with Crippen LogP contribution in [0.3, 0.4) is 0 Å². The van der Waals surface area contributed by atoms with E-state index in [4.69, 9.17) is 18.9 Å². The molecule has 0 radical (unpaired) electrons. The largest absolute Gasteiger partial charge is 0.485 e. The Morgan fingerprint density at radius 3 is 2.12 bits per heavy atom. The van der Waals surface area contributed by atoms with E-state index < -0.39 is 5.41 Å². The van der Waals surface area contributed by atoms with Crippen LogP contribution in [0.5, 0.6) is 23.3 Å². The number of rotatable bonds is 13. The Hall–Kier alpha value is -4.44. The van der Waals surface area contributed by atoms with Gasteiger partial charge in [-0.25, -0.2) is 14.4 Å². The van der Waals surface area contributed by atoms with Crippen LogP contribution in [0.15, 0.2) is 60.9 Å². The van der Waals surface area contributed by atoms with Crippen molar-refractivity contribution in [3.63, 3.8) is 0 Å². The zero-order valence-electron chi connectivity index (χ0n) is 22.2. The molecule has 0 aliphatic heterocycles. The lowest BCUT2D eigenvalue weighted by molar-refractivity contribution is -0.133. The number of nitrogens with zero attached hydrogens (tertiary/aromatic N) is 3. The van der Waals surface area contributed by atoms with Gasteiger partial charge in [-0.15, -0.1) is 0 Å². The number of ether oxygens (including phenoxy) is 4. The van der Waals surface area contributed by atoms with Crippen LogP contribution in [0.4, 0.5) is 4.39 Å². The van der Waals surface area contributed by atoms with Crippen molar-refractivity contribution in [2.45, 2.75) is 25.7 Å². The molecule has 40 heavy (non-hydrogen) atoms. The van der Waals surface area contributed by atoms with E-state index in [0.717, 1.165) is 5.56 Å². The lowest BCUT2D eigenvalue weighted by atomic mass is 9.88. The fourth-order valence-corrected chi connectivity index (χ4v) is 4.42. The summed E-state index contributed by atoms with van der Waals surface area (Å²) in [5.74, 6) is 0.840. The quantitative estimate of drug-likeness (QED) is 0.174. The first kappa shape index (κ1) is 27.1. The summed E-state index contributed by atoms with van der Waals surface area (Å²) in [6.07, 6.45) is 2.71. The van der Waals surface area contributed by atoms with Gasteiger partial charge >= 0.3 is 0 Å². The molecule has 4 aromatic rings. The summed E-state index contributed by atoms with van der Waals surface area (Å²) >= 11 is 0. The van der Waals surface area contributed by atoms with E-state index >= 15 is 0 Å². The van der Waals surface area contributed by atoms with Gasteiger partial charge in [-0.3, -0.25) is 9.59 Å². The minimum Gasteiger partial charge on any atom is -0.485 e. The molecular weight excluding hydrogens is 517 g/mol. The third-order valence-corrected chi connectivity index (χ3v) is 6.85. The van der Waals surface area contributed by atoms with E-state index in [1.807, 2.05) is 0 Å². The fraction of sp³-hybridized carbons (Fsp3) is 0.300. The van der Waals surface area contributed by atoms with Gasteiger partial charge in [-0.2, -0.15) is 4.98 Å². The van der Waals surface area contributed by atoms with Crippen molar-refractivity contribution in [2.75, 3.05) is 27.4 Å². The van der Waals surface area contributed by atoms with Crippen LogP contribution in [-0.2, 0) is 27.2 Å². The number of carbonyl (C=O) groups is 2. The number of hydrogen-bond acceptors (Lipinski definition) is 9. The van der Waals surface area contributed by atoms with Gasteiger partial charge in [-0.05, 0) is 48.2 Å². The number of halogens is 1. The van der Waals surface area contributed by atoms with E-state index in [9.17, 15) is 14.0 Å². The summed E-state index contributed by atoms with van der Waals surface area (Å²) in [6, 6.07) is 14.5. The molecule has 0 atom stereocenters. The molecule has 9 nitrogen and oxygen atoms in total. The Morgan fingerprint density at radius 1 is 0.875 bits per heavy atom. The predicted molar refractivity (Wildman–Crippen MR) is 143 cm³/mol. The number of methoxy groups -OCH3 is 2. The Bertz CT molecular complexity index is 1520. The zero-order chi connectivity index (χ0) is 28.1. The van der Waals surface area contributed by atoms with Gasteiger partial charge in [0.25, 0.3) is 5.88 Å². The lowest BCUT2D eigenvalue weighted by Gasteiger charge is -2.14. The van der Waals surface area contributed by atoms with E-state index in [2.05, 4.69) is 15.0 Å². The van der Waals surface area contributed by atoms with E-state index in [0.29, 0.717) is 54.2 Å². The van der Waals surface area contributed by atoms with Crippen molar-refractivity contribution in [3.8, 4) is 23.3 Å². The second kappa shape index (κ2) is 11.7. The summed E-state index contributed by atoms with van der Waals surface area (Å²) < 4.78 is 35.2. The summed E-state index contributed by atoms with van der Waals surface area (Å²) in [5, 5.41) is 0. The molecule has 2 aromatic heterocycles. The molecule has 1 saturated carbocycles. The maximum Gasteiger partial charge on any atom is 0.257 e. The maximum atomic E-state index is 13.2. The minimum absolute atomic E-state index is 0.102. The van der Waals surface area contributed by atoms with Crippen LogP contribution in [0, 0.1) is 11.2 Å². The Labute approximate surface area is 230 Å². The second-order valence-corrected chi connectivity index (χ2v) is 9.54. The molecule has 2 heterocycles. The van der Waals surface area contributed by atoms with Crippen molar-refractivity contribution in [1.82, 2.24) is 15.0 Å². The number of ketones is 2.